The highest BCUT2D eigenvalue weighted by molar-refractivity contribution is 6.34. The van der Waals surface area contributed by atoms with E-state index in [2.05, 4.69) is 26.9 Å². The number of piperidine rings is 1. The van der Waals surface area contributed by atoms with Crippen molar-refractivity contribution in [1.29, 1.82) is 0 Å². The second kappa shape index (κ2) is 6.74. The zero-order chi connectivity index (χ0) is 22.5. The van der Waals surface area contributed by atoms with Crippen LogP contribution < -0.4 is 4.90 Å². The molecule has 0 spiro atoms. The first-order chi connectivity index (χ1) is 15.9. The number of nitrogens with zero attached hydrogens (tertiary/aromatic N) is 5. The topological polar surface area (TPSA) is 68.3 Å². The zero-order valence-corrected chi connectivity index (χ0v) is 19.9. The lowest BCUT2D eigenvalue weighted by Gasteiger charge is -2.70. The highest BCUT2D eigenvalue weighted by Crippen LogP contribution is 2.71. The van der Waals surface area contributed by atoms with Gasteiger partial charge in [-0.1, -0.05) is 11.6 Å². The van der Waals surface area contributed by atoms with Crippen LogP contribution in [0.3, 0.4) is 0 Å². The van der Waals surface area contributed by atoms with E-state index in [0.29, 0.717) is 23.3 Å². The van der Waals surface area contributed by atoms with Crippen molar-refractivity contribution in [1.82, 2.24) is 19.6 Å². The quantitative estimate of drug-likeness (QED) is 0.593. The summed E-state index contributed by atoms with van der Waals surface area (Å²) in [6.45, 7) is 3.74. The van der Waals surface area contributed by atoms with Crippen LogP contribution in [0.1, 0.15) is 39.0 Å². The van der Waals surface area contributed by atoms with Gasteiger partial charge in [0, 0.05) is 36.4 Å². The lowest BCUT2D eigenvalue weighted by Crippen LogP contribution is -2.69. The maximum absolute atomic E-state index is 10.4. The average Bonchev–Trinajstić information content (AvgIpc) is 3.50. The van der Waals surface area contributed by atoms with E-state index in [1.165, 1.54) is 6.42 Å². The third kappa shape index (κ3) is 2.70. The first kappa shape index (κ1) is 20.3. The number of aliphatic hydroxyl groups is 1. The van der Waals surface area contributed by atoms with Crippen LogP contribution in [-0.4, -0.2) is 57.1 Å². The SMILES string of the molecule is COCC12CC(n3cc(-n4ncc5cc(Cl)c(N6C[C@H]7CC[C@@H]6C7C(C)O)cc54)cn3)(C1)C2. The molecule has 4 atom stereocenters. The fourth-order valence-corrected chi connectivity index (χ4v) is 8.11. The van der Waals surface area contributed by atoms with Gasteiger partial charge in [0.1, 0.15) is 5.69 Å². The van der Waals surface area contributed by atoms with E-state index < -0.39 is 0 Å². The zero-order valence-electron chi connectivity index (χ0n) is 19.1. The fourth-order valence-electron chi connectivity index (χ4n) is 7.83. The van der Waals surface area contributed by atoms with Crippen molar-refractivity contribution in [3.05, 3.63) is 35.7 Å². The number of benzene rings is 1. The molecule has 7 nitrogen and oxygen atoms in total. The second-order valence-corrected chi connectivity index (χ2v) is 11.5. The number of anilines is 1. The molecule has 4 saturated carbocycles. The monoisotopic (exact) mass is 467 g/mol. The van der Waals surface area contributed by atoms with E-state index in [0.717, 1.165) is 66.1 Å². The molecule has 1 aliphatic heterocycles. The Morgan fingerprint density at radius 1 is 1.21 bits per heavy atom. The summed E-state index contributed by atoms with van der Waals surface area (Å²) in [7, 11) is 1.79. The Morgan fingerprint density at radius 3 is 2.76 bits per heavy atom. The lowest BCUT2D eigenvalue weighted by atomic mass is 9.39. The number of methoxy groups -OCH3 is 1. The standard InChI is InChI=1S/C25H30ClN5O2/c1-15(32)23-16-3-4-20(23)29(9-16)22-6-21-17(5-19(22)26)7-28-31(21)18-8-27-30(10-18)25-11-24(12-25,13-25)14-33-2/h5-8,10,15-16,20,23,32H,3-4,9,11-14H2,1-2H3/t15?,16-,20-,23?,24?,25?/m1/s1. The van der Waals surface area contributed by atoms with Crippen LogP contribution in [0.25, 0.3) is 16.6 Å². The summed E-state index contributed by atoms with van der Waals surface area (Å²) in [6.07, 6.45) is 11.4. The smallest absolute Gasteiger partial charge is 0.103 e. The third-order valence-electron chi connectivity index (χ3n) is 9.02. The molecular weight excluding hydrogens is 438 g/mol. The predicted molar refractivity (Wildman–Crippen MR) is 127 cm³/mol. The molecular formula is C25H30ClN5O2. The molecule has 5 aliphatic rings. The van der Waals surface area contributed by atoms with Crippen molar-refractivity contribution in [3.63, 3.8) is 0 Å². The van der Waals surface area contributed by atoms with Gasteiger partial charge in [0.05, 0.1) is 53.1 Å². The first-order valence-electron chi connectivity index (χ1n) is 12.1. The molecule has 8 rings (SSSR count). The van der Waals surface area contributed by atoms with Crippen LogP contribution in [-0.2, 0) is 10.3 Å². The number of hydrogen-bond acceptors (Lipinski definition) is 5. The van der Waals surface area contributed by atoms with Crippen LogP contribution in [0.5, 0.6) is 0 Å². The van der Waals surface area contributed by atoms with E-state index in [4.69, 9.17) is 21.4 Å². The molecule has 174 valence electrons. The molecule has 4 aliphatic carbocycles. The Kier molecular flexibility index (Phi) is 4.14. The number of halogens is 1. The number of rotatable bonds is 6. The maximum atomic E-state index is 10.4. The van der Waals surface area contributed by atoms with Gasteiger partial charge in [0.2, 0.25) is 0 Å². The Balaban J connectivity index is 1.21. The Hall–Kier alpha value is -2.09. The molecule has 4 bridgehead atoms. The Bertz CT molecular complexity index is 1230. The summed E-state index contributed by atoms with van der Waals surface area (Å²) in [6, 6.07) is 4.56. The molecule has 1 N–H and O–H groups in total. The van der Waals surface area contributed by atoms with Crippen LogP contribution in [0.4, 0.5) is 5.69 Å². The molecule has 1 aromatic carbocycles. The Labute approximate surface area is 198 Å². The van der Waals surface area contributed by atoms with Gasteiger partial charge >= 0.3 is 0 Å². The van der Waals surface area contributed by atoms with Gasteiger partial charge < -0.3 is 14.7 Å². The van der Waals surface area contributed by atoms with Crippen LogP contribution in [0.2, 0.25) is 5.02 Å². The average molecular weight is 468 g/mol. The highest BCUT2D eigenvalue weighted by Gasteiger charge is 2.69. The molecule has 8 heteroatoms. The number of fused-ring (bicyclic) bond motifs is 3. The molecule has 2 aromatic heterocycles. The minimum atomic E-state index is -0.286. The van der Waals surface area contributed by atoms with Crippen molar-refractivity contribution in [3.8, 4) is 5.69 Å². The predicted octanol–water partition coefficient (Wildman–Crippen LogP) is 4.00. The third-order valence-corrected chi connectivity index (χ3v) is 9.32. The van der Waals surface area contributed by atoms with Gasteiger partial charge in [-0.25, -0.2) is 4.68 Å². The van der Waals surface area contributed by atoms with Crippen molar-refractivity contribution < 1.29 is 9.84 Å². The normalized spacial score (nSPS) is 35.2. The summed E-state index contributed by atoms with van der Waals surface area (Å²) in [5.74, 6) is 0.869. The van der Waals surface area contributed by atoms with Crippen LogP contribution in [0.15, 0.2) is 30.7 Å². The van der Waals surface area contributed by atoms with Crippen molar-refractivity contribution in [2.45, 2.75) is 56.7 Å². The Morgan fingerprint density at radius 2 is 2.03 bits per heavy atom. The van der Waals surface area contributed by atoms with Gasteiger partial charge in [0.15, 0.2) is 0 Å². The summed E-state index contributed by atoms with van der Waals surface area (Å²) in [4.78, 5) is 2.42. The number of aromatic nitrogens is 4. The fraction of sp³-hybridized carbons (Fsp3) is 0.600. The lowest BCUT2D eigenvalue weighted by molar-refractivity contribution is -0.217. The van der Waals surface area contributed by atoms with Gasteiger partial charge in [-0.3, -0.25) is 4.68 Å². The van der Waals surface area contributed by atoms with Gasteiger partial charge in [-0.05, 0) is 57.1 Å². The maximum Gasteiger partial charge on any atom is 0.103 e. The summed E-state index contributed by atoms with van der Waals surface area (Å²) < 4.78 is 9.54. The second-order valence-electron chi connectivity index (χ2n) is 11.1. The highest BCUT2D eigenvalue weighted by atomic mass is 35.5. The number of aliphatic hydroxyl groups excluding tert-OH is 1. The largest absolute Gasteiger partial charge is 0.393 e. The van der Waals surface area contributed by atoms with Crippen molar-refractivity contribution in [2.75, 3.05) is 25.2 Å². The van der Waals surface area contributed by atoms with Crippen LogP contribution >= 0.6 is 11.6 Å². The molecule has 5 fully saturated rings. The first-order valence-corrected chi connectivity index (χ1v) is 12.5. The van der Waals surface area contributed by atoms with Crippen molar-refractivity contribution >= 4 is 28.2 Å². The van der Waals surface area contributed by atoms with E-state index in [-0.39, 0.29) is 11.6 Å². The molecule has 3 heterocycles. The van der Waals surface area contributed by atoms with Gasteiger partial charge in [-0.15, -0.1) is 0 Å². The van der Waals surface area contributed by atoms with E-state index >= 15 is 0 Å². The van der Waals surface area contributed by atoms with Gasteiger partial charge in [0.25, 0.3) is 0 Å². The summed E-state index contributed by atoms with van der Waals surface area (Å²) >= 11 is 6.77. The van der Waals surface area contributed by atoms with E-state index in [9.17, 15) is 5.11 Å². The molecule has 0 amide bonds. The molecule has 2 unspecified atom stereocenters. The summed E-state index contributed by atoms with van der Waals surface area (Å²) in [5.41, 5.74) is 3.62. The van der Waals surface area contributed by atoms with Crippen molar-refractivity contribution in [2.24, 2.45) is 17.3 Å². The van der Waals surface area contributed by atoms with E-state index in [1.807, 2.05) is 30.1 Å². The molecule has 1 saturated heterocycles. The molecule has 3 aromatic rings. The van der Waals surface area contributed by atoms with Crippen LogP contribution in [0, 0.1) is 17.3 Å². The molecule has 0 radical (unpaired) electrons. The summed E-state index contributed by atoms with van der Waals surface area (Å²) in [5, 5.41) is 21.6. The number of ether oxygens (including phenoxy) is 1. The minimum Gasteiger partial charge on any atom is -0.393 e. The van der Waals surface area contributed by atoms with Gasteiger partial charge in [-0.2, -0.15) is 10.2 Å². The molecule has 33 heavy (non-hydrogen) atoms. The van der Waals surface area contributed by atoms with E-state index in [1.54, 1.807) is 7.11 Å². The minimum absolute atomic E-state index is 0.166. The number of hydrogen-bond donors (Lipinski definition) is 1.